The Hall–Kier alpha value is -1.36. The Morgan fingerprint density at radius 1 is 1.32 bits per heavy atom. The van der Waals surface area contributed by atoms with Gasteiger partial charge in [0.1, 0.15) is 0 Å². The maximum absolute atomic E-state index is 5.63. The van der Waals surface area contributed by atoms with Crippen molar-refractivity contribution < 1.29 is 9.47 Å². The molecule has 0 aliphatic heterocycles. The van der Waals surface area contributed by atoms with Gasteiger partial charge in [0.2, 0.25) is 11.8 Å². The van der Waals surface area contributed by atoms with E-state index in [9.17, 15) is 0 Å². The minimum absolute atomic E-state index is 0.117. The van der Waals surface area contributed by atoms with Crippen molar-refractivity contribution in [2.45, 2.75) is 58.3 Å². The Labute approximate surface area is 114 Å². The van der Waals surface area contributed by atoms with E-state index in [1.54, 1.807) is 7.11 Å². The highest BCUT2D eigenvalue weighted by molar-refractivity contribution is 5.32. The molecule has 5 nitrogen and oxygen atoms in total. The first-order chi connectivity index (χ1) is 9.06. The van der Waals surface area contributed by atoms with Gasteiger partial charge in [-0.1, -0.05) is 0 Å². The third kappa shape index (κ3) is 4.06. The standard InChI is InChI=1S/C14H23N3O2/c1-9(2)19-13-7-10(3)15-14(17-13)16-11-5-6-12(8-11)18-4/h7,9,11-12H,5-6,8H2,1-4H3,(H,15,16,17). The van der Waals surface area contributed by atoms with Crippen molar-refractivity contribution in [2.24, 2.45) is 0 Å². The predicted octanol–water partition coefficient (Wildman–Crippen LogP) is 2.55. The monoisotopic (exact) mass is 265 g/mol. The van der Waals surface area contributed by atoms with E-state index in [0.29, 0.717) is 24.0 Å². The molecule has 19 heavy (non-hydrogen) atoms. The van der Waals surface area contributed by atoms with E-state index in [1.165, 1.54) is 0 Å². The number of nitrogens with zero attached hydrogens (tertiary/aromatic N) is 2. The molecule has 1 fully saturated rings. The fourth-order valence-corrected chi connectivity index (χ4v) is 2.37. The molecule has 0 radical (unpaired) electrons. The summed E-state index contributed by atoms with van der Waals surface area (Å²) in [5, 5.41) is 3.38. The lowest BCUT2D eigenvalue weighted by Crippen LogP contribution is -2.19. The molecule has 1 heterocycles. The van der Waals surface area contributed by atoms with Crippen LogP contribution in [0.3, 0.4) is 0 Å². The van der Waals surface area contributed by atoms with Gasteiger partial charge < -0.3 is 14.8 Å². The van der Waals surface area contributed by atoms with Gasteiger partial charge in [-0.2, -0.15) is 4.98 Å². The maximum atomic E-state index is 5.63. The quantitative estimate of drug-likeness (QED) is 0.886. The molecule has 1 aliphatic carbocycles. The zero-order chi connectivity index (χ0) is 13.8. The first-order valence-electron chi connectivity index (χ1n) is 6.88. The van der Waals surface area contributed by atoms with Crippen LogP contribution in [0.15, 0.2) is 6.07 Å². The zero-order valence-electron chi connectivity index (χ0n) is 12.1. The number of aromatic nitrogens is 2. The van der Waals surface area contributed by atoms with Crippen molar-refractivity contribution in [3.63, 3.8) is 0 Å². The second-order valence-electron chi connectivity index (χ2n) is 5.35. The molecule has 2 rings (SSSR count). The molecule has 5 heteroatoms. The predicted molar refractivity (Wildman–Crippen MR) is 74.6 cm³/mol. The van der Waals surface area contributed by atoms with Gasteiger partial charge in [0.05, 0.1) is 12.2 Å². The lowest BCUT2D eigenvalue weighted by molar-refractivity contribution is 0.108. The second kappa shape index (κ2) is 6.19. The van der Waals surface area contributed by atoms with E-state index in [0.717, 1.165) is 25.0 Å². The van der Waals surface area contributed by atoms with Crippen molar-refractivity contribution in [2.75, 3.05) is 12.4 Å². The summed E-state index contributed by atoms with van der Waals surface area (Å²) in [6.45, 7) is 5.93. The van der Waals surface area contributed by atoms with Gasteiger partial charge in [0, 0.05) is 24.9 Å². The van der Waals surface area contributed by atoms with Gasteiger partial charge in [0.15, 0.2) is 0 Å². The topological polar surface area (TPSA) is 56.3 Å². The number of hydrogen-bond acceptors (Lipinski definition) is 5. The van der Waals surface area contributed by atoms with E-state index >= 15 is 0 Å². The first kappa shape index (κ1) is 14.1. The lowest BCUT2D eigenvalue weighted by Gasteiger charge is -2.15. The Morgan fingerprint density at radius 3 is 2.74 bits per heavy atom. The van der Waals surface area contributed by atoms with Gasteiger partial charge in [0.25, 0.3) is 0 Å². The van der Waals surface area contributed by atoms with Crippen LogP contribution in [-0.4, -0.2) is 35.3 Å². The molecule has 2 atom stereocenters. The fourth-order valence-electron chi connectivity index (χ4n) is 2.37. The van der Waals surface area contributed by atoms with Crippen molar-refractivity contribution in [1.29, 1.82) is 0 Å². The number of aryl methyl sites for hydroxylation is 1. The summed E-state index contributed by atoms with van der Waals surface area (Å²) in [4.78, 5) is 8.82. The molecule has 0 saturated heterocycles. The zero-order valence-corrected chi connectivity index (χ0v) is 12.1. The summed E-state index contributed by atoms with van der Waals surface area (Å²) in [5.41, 5.74) is 0.912. The Morgan fingerprint density at radius 2 is 2.11 bits per heavy atom. The van der Waals surface area contributed by atoms with Crippen LogP contribution in [0.1, 0.15) is 38.8 Å². The van der Waals surface area contributed by atoms with E-state index in [1.807, 2.05) is 26.8 Å². The van der Waals surface area contributed by atoms with Crippen molar-refractivity contribution in [1.82, 2.24) is 9.97 Å². The van der Waals surface area contributed by atoms with E-state index in [-0.39, 0.29) is 6.10 Å². The van der Waals surface area contributed by atoms with Crippen molar-refractivity contribution in [3.8, 4) is 5.88 Å². The molecule has 1 N–H and O–H groups in total. The number of rotatable bonds is 5. The molecule has 2 unspecified atom stereocenters. The highest BCUT2D eigenvalue weighted by Gasteiger charge is 2.25. The molecule has 1 saturated carbocycles. The van der Waals surface area contributed by atoms with Crippen LogP contribution in [-0.2, 0) is 4.74 Å². The molecule has 0 spiro atoms. The third-order valence-corrected chi connectivity index (χ3v) is 3.24. The normalized spacial score (nSPS) is 22.8. The van der Waals surface area contributed by atoms with Crippen LogP contribution in [0.4, 0.5) is 5.95 Å². The fraction of sp³-hybridized carbons (Fsp3) is 0.714. The van der Waals surface area contributed by atoms with E-state index in [4.69, 9.17) is 9.47 Å². The maximum Gasteiger partial charge on any atom is 0.226 e. The Kier molecular flexibility index (Phi) is 4.58. The number of nitrogens with one attached hydrogen (secondary N) is 1. The van der Waals surface area contributed by atoms with Crippen molar-refractivity contribution in [3.05, 3.63) is 11.8 Å². The summed E-state index contributed by atoms with van der Waals surface area (Å²) >= 11 is 0. The molecule has 0 aromatic carbocycles. The molecule has 1 aromatic heterocycles. The number of hydrogen-bond donors (Lipinski definition) is 1. The van der Waals surface area contributed by atoms with Gasteiger partial charge in [-0.05, 0) is 40.0 Å². The van der Waals surface area contributed by atoms with Crippen LogP contribution in [0.2, 0.25) is 0 Å². The highest BCUT2D eigenvalue weighted by atomic mass is 16.5. The smallest absolute Gasteiger partial charge is 0.226 e. The lowest BCUT2D eigenvalue weighted by atomic mass is 10.2. The third-order valence-electron chi connectivity index (χ3n) is 3.24. The second-order valence-corrected chi connectivity index (χ2v) is 5.35. The average Bonchev–Trinajstić information content (AvgIpc) is 2.74. The van der Waals surface area contributed by atoms with Gasteiger partial charge in [-0.3, -0.25) is 0 Å². The van der Waals surface area contributed by atoms with Crippen molar-refractivity contribution >= 4 is 5.95 Å². The first-order valence-corrected chi connectivity index (χ1v) is 6.88. The van der Waals surface area contributed by atoms with Gasteiger partial charge >= 0.3 is 0 Å². The molecule has 1 aromatic rings. The van der Waals surface area contributed by atoms with Crippen LogP contribution in [0.25, 0.3) is 0 Å². The van der Waals surface area contributed by atoms with Crippen LogP contribution >= 0.6 is 0 Å². The number of anilines is 1. The van der Waals surface area contributed by atoms with Crippen LogP contribution < -0.4 is 10.1 Å². The number of methoxy groups -OCH3 is 1. The molecular weight excluding hydrogens is 242 g/mol. The summed E-state index contributed by atoms with van der Waals surface area (Å²) in [7, 11) is 1.77. The molecular formula is C14H23N3O2. The highest BCUT2D eigenvalue weighted by Crippen LogP contribution is 2.24. The SMILES string of the molecule is COC1CCC(Nc2nc(C)cc(OC(C)C)n2)C1. The molecule has 106 valence electrons. The average molecular weight is 265 g/mol. The number of ether oxygens (including phenoxy) is 2. The summed E-state index contributed by atoms with van der Waals surface area (Å²) < 4.78 is 11.0. The van der Waals surface area contributed by atoms with Crippen LogP contribution in [0, 0.1) is 6.92 Å². The molecule has 0 bridgehead atoms. The summed E-state index contributed by atoms with van der Waals surface area (Å²) in [6, 6.07) is 2.25. The van der Waals surface area contributed by atoms with Gasteiger partial charge in [-0.25, -0.2) is 4.98 Å². The minimum Gasteiger partial charge on any atom is -0.475 e. The Bertz CT molecular complexity index is 423. The van der Waals surface area contributed by atoms with Gasteiger partial charge in [-0.15, -0.1) is 0 Å². The molecule has 0 amide bonds. The summed E-state index contributed by atoms with van der Waals surface area (Å²) in [6.07, 6.45) is 3.67. The Balaban J connectivity index is 2.02. The van der Waals surface area contributed by atoms with E-state index in [2.05, 4.69) is 15.3 Å². The van der Waals surface area contributed by atoms with Crippen LogP contribution in [0.5, 0.6) is 5.88 Å². The largest absolute Gasteiger partial charge is 0.475 e. The summed E-state index contributed by atoms with van der Waals surface area (Å²) in [5.74, 6) is 1.28. The minimum atomic E-state index is 0.117. The molecule has 1 aliphatic rings. The van der Waals surface area contributed by atoms with E-state index < -0.39 is 0 Å².